The van der Waals surface area contributed by atoms with E-state index in [0.29, 0.717) is 11.1 Å². The van der Waals surface area contributed by atoms with Gasteiger partial charge >= 0.3 is 11.9 Å². The molecule has 0 aromatic heterocycles. The van der Waals surface area contributed by atoms with E-state index in [4.69, 9.17) is 17.2 Å². The first kappa shape index (κ1) is 73.4. The van der Waals surface area contributed by atoms with E-state index in [1.54, 1.807) is 27.7 Å². The Kier molecular flexibility index (Phi) is 30.9. The molecule has 0 aliphatic heterocycles. The standard InChI is InChI=1S/C54H83N13O19/c1-25(2)18-34(60-44(76)33(8-7-17-58-54(56)57)59-51(83)42(55)27(5)70)46(78)65-39(23-68)49(81)61-36(20-29-9-13-31(72)14-10-29)47(79)66-40(24-69)50(82)67-43(28(6)71)52(84)63-35(19-26(3)4)45(77)62-37(22-41(74)75)48(80)64-38(53(85)86)21-30-11-15-32(73)16-12-30/h9-16,25-28,33-40,42-43,68-73H,7-8,17-24,55H2,1-6H3,(H,59,83)(H,60,76)(H,61,81)(H,62,77)(H,63,84)(H,64,80)(H,65,78)(H,66,79)(H,67,82)(H,74,75)(H,85,86)(H4,56,57,58)/t27-,28-,33+,34+,35+,36+,37+,38+,39+,40+,42+,43+/m1/s1. The van der Waals surface area contributed by atoms with Gasteiger partial charge in [0.15, 0.2) is 5.96 Å². The maximum atomic E-state index is 14.1. The van der Waals surface area contributed by atoms with Crippen molar-refractivity contribution in [3.63, 3.8) is 0 Å². The molecule has 0 bridgehead atoms. The third kappa shape index (κ3) is 26.0. The molecule has 0 fully saturated rings. The van der Waals surface area contributed by atoms with Gasteiger partial charge in [0.2, 0.25) is 53.2 Å². The van der Waals surface area contributed by atoms with Gasteiger partial charge in [0.1, 0.15) is 71.9 Å². The van der Waals surface area contributed by atoms with Gasteiger partial charge in [-0.2, -0.15) is 0 Å². The molecule has 2 aromatic rings. The molecule has 32 nitrogen and oxygen atoms in total. The number of carbonyl (C=O) groups excluding carboxylic acids is 9. The van der Waals surface area contributed by atoms with Crippen molar-refractivity contribution in [2.75, 3.05) is 19.8 Å². The van der Waals surface area contributed by atoms with Gasteiger partial charge in [0.05, 0.1) is 31.8 Å². The van der Waals surface area contributed by atoms with Crippen molar-refractivity contribution in [2.45, 2.75) is 159 Å². The van der Waals surface area contributed by atoms with Gasteiger partial charge < -0.3 is 106 Å². The van der Waals surface area contributed by atoms with Crippen LogP contribution < -0.4 is 65.1 Å². The van der Waals surface area contributed by atoms with Gasteiger partial charge in [0.25, 0.3) is 0 Å². The average molecular weight is 1220 g/mol. The van der Waals surface area contributed by atoms with E-state index < -0.39 is 170 Å². The molecule has 2 aromatic carbocycles. The molecule has 0 saturated heterocycles. The highest BCUT2D eigenvalue weighted by Gasteiger charge is 2.37. The summed E-state index contributed by atoms with van der Waals surface area (Å²) in [6, 6.07) is -6.24. The number of amides is 9. The second-order valence-corrected chi connectivity index (χ2v) is 21.2. The molecule has 0 aliphatic carbocycles. The maximum absolute atomic E-state index is 14.1. The topological polar surface area (TPSA) is 548 Å². The zero-order chi connectivity index (χ0) is 65.1. The summed E-state index contributed by atoms with van der Waals surface area (Å²) in [5.74, 6) is -14.4. The van der Waals surface area contributed by atoms with Crippen LogP contribution in [-0.4, -0.2) is 204 Å². The van der Waals surface area contributed by atoms with E-state index in [1.165, 1.54) is 55.5 Å². The van der Waals surface area contributed by atoms with Crippen LogP contribution in [0.4, 0.5) is 0 Å². The summed E-state index contributed by atoms with van der Waals surface area (Å²) in [6.07, 6.45) is -5.02. The number of nitrogens with two attached hydrogens (primary N) is 3. The van der Waals surface area contributed by atoms with Crippen LogP contribution in [0.1, 0.15) is 84.8 Å². The summed E-state index contributed by atoms with van der Waals surface area (Å²) >= 11 is 0. The number of carbonyl (C=O) groups is 11. The number of guanidine groups is 1. The summed E-state index contributed by atoms with van der Waals surface area (Å²) in [5.41, 5.74) is 17.2. The monoisotopic (exact) mass is 1220 g/mol. The molecule has 0 unspecified atom stereocenters. The smallest absolute Gasteiger partial charge is 0.326 e. The number of carboxylic acids is 2. The lowest BCUT2D eigenvalue weighted by Gasteiger charge is -2.29. The Hall–Kier alpha value is -8.72. The predicted octanol–water partition coefficient (Wildman–Crippen LogP) is -5.98. The second kappa shape index (κ2) is 36.2. The first-order valence-corrected chi connectivity index (χ1v) is 27.4. The van der Waals surface area contributed by atoms with Crippen LogP contribution in [0.2, 0.25) is 0 Å². The van der Waals surface area contributed by atoms with Crippen molar-refractivity contribution in [3.05, 3.63) is 59.7 Å². The molecule has 0 radical (unpaired) electrons. The Morgan fingerprint density at radius 1 is 0.465 bits per heavy atom. The molecule has 0 heterocycles. The van der Waals surface area contributed by atoms with Crippen molar-refractivity contribution in [1.29, 1.82) is 0 Å². The number of carboxylic acid groups (broad SMARTS) is 2. The lowest BCUT2D eigenvalue weighted by atomic mass is 10.0. The lowest BCUT2D eigenvalue weighted by Crippen LogP contribution is -2.63. The fourth-order valence-corrected chi connectivity index (χ4v) is 8.14. The predicted molar refractivity (Wildman–Crippen MR) is 305 cm³/mol. The molecular formula is C54H83N13O19. The highest BCUT2D eigenvalue weighted by molar-refractivity contribution is 5.99. The van der Waals surface area contributed by atoms with Crippen molar-refractivity contribution in [3.8, 4) is 11.5 Å². The van der Waals surface area contributed by atoms with Gasteiger partial charge in [-0.25, -0.2) is 4.79 Å². The van der Waals surface area contributed by atoms with Crippen LogP contribution in [0.3, 0.4) is 0 Å². The molecule has 0 saturated carbocycles. The summed E-state index contributed by atoms with van der Waals surface area (Å²) in [5, 5.41) is 101. The first-order valence-electron chi connectivity index (χ1n) is 27.4. The minimum Gasteiger partial charge on any atom is -0.508 e. The fraction of sp³-hybridized carbons (Fsp3) is 0.556. The number of hydrogen-bond acceptors (Lipinski definition) is 19. The average Bonchev–Trinajstić information content (AvgIpc) is 2.83. The summed E-state index contributed by atoms with van der Waals surface area (Å²) in [4.78, 5) is 151. The van der Waals surface area contributed by atoms with Crippen molar-refractivity contribution < 1.29 is 93.6 Å². The van der Waals surface area contributed by atoms with Gasteiger partial charge in [-0.1, -0.05) is 52.0 Å². The summed E-state index contributed by atoms with van der Waals surface area (Å²) in [7, 11) is 0. The second-order valence-electron chi connectivity index (χ2n) is 21.2. The van der Waals surface area contributed by atoms with E-state index in [2.05, 4.69) is 52.8 Å². The van der Waals surface area contributed by atoms with Crippen LogP contribution >= 0.6 is 0 Å². The number of hydrogen-bond donors (Lipinski definition) is 20. The van der Waals surface area contributed by atoms with Gasteiger partial charge in [-0.15, -0.1) is 0 Å². The number of aromatic hydroxyl groups is 2. The molecule has 9 amide bonds. The number of aliphatic imine (C=N–C) groups is 1. The Morgan fingerprint density at radius 3 is 1.24 bits per heavy atom. The van der Waals surface area contributed by atoms with Gasteiger partial charge in [-0.3, -0.25) is 52.9 Å². The minimum absolute atomic E-state index is 0.0409. The number of benzene rings is 2. The summed E-state index contributed by atoms with van der Waals surface area (Å²) < 4.78 is 0. The number of phenolic OH excluding ortho intramolecular Hbond substituents is 2. The third-order valence-corrected chi connectivity index (χ3v) is 12.8. The normalized spacial score (nSPS) is 15.4. The zero-order valence-electron chi connectivity index (χ0n) is 48.5. The number of nitrogens with one attached hydrogen (secondary N) is 9. The van der Waals surface area contributed by atoms with E-state index in [0.717, 1.165) is 6.92 Å². The van der Waals surface area contributed by atoms with E-state index in [1.807, 2.05) is 0 Å². The molecule has 0 spiro atoms. The lowest BCUT2D eigenvalue weighted by molar-refractivity contribution is -0.143. The van der Waals surface area contributed by atoms with Crippen LogP contribution in [0.5, 0.6) is 11.5 Å². The molecule has 0 aliphatic rings. The Bertz CT molecular complexity index is 2650. The van der Waals surface area contributed by atoms with Crippen LogP contribution in [0.25, 0.3) is 0 Å². The van der Waals surface area contributed by atoms with Crippen molar-refractivity contribution in [2.24, 2.45) is 34.0 Å². The van der Waals surface area contributed by atoms with Gasteiger partial charge in [-0.05, 0) is 86.8 Å². The van der Waals surface area contributed by atoms with E-state index in [-0.39, 0.29) is 62.0 Å². The first-order chi connectivity index (χ1) is 40.3. The van der Waals surface area contributed by atoms with Gasteiger partial charge in [0, 0.05) is 19.4 Å². The number of phenols is 2. The molecule has 23 N–H and O–H groups in total. The number of rotatable bonds is 37. The Morgan fingerprint density at radius 2 is 0.826 bits per heavy atom. The Balaban J connectivity index is 2.38. The maximum Gasteiger partial charge on any atom is 0.326 e. The molecule has 86 heavy (non-hydrogen) atoms. The minimum atomic E-state index is -1.96. The van der Waals surface area contributed by atoms with Crippen molar-refractivity contribution >= 4 is 71.1 Å². The largest absolute Gasteiger partial charge is 0.508 e. The molecule has 2 rings (SSSR count). The zero-order valence-corrected chi connectivity index (χ0v) is 48.5. The highest BCUT2D eigenvalue weighted by Crippen LogP contribution is 2.15. The Labute approximate surface area is 495 Å². The van der Waals surface area contributed by atoms with E-state index in [9.17, 15) is 93.6 Å². The van der Waals surface area contributed by atoms with Crippen molar-refractivity contribution in [1.82, 2.24) is 47.9 Å². The molecule has 12 atom stereocenters. The van der Waals surface area contributed by atoms with Crippen LogP contribution in [0, 0.1) is 11.8 Å². The quantitative estimate of drug-likeness (QED) is 0.0170. The van der Waals surface area contributed by atoms with E-state index >= 15 is 0 Å². The number of nitrogens with zero attached hydrogens (tertiary/aromatic N) is 1. The van der Waals surface area contributed by atoms with Crippen LogP contribution in [0.15, 0.2) is 53.5 Å². The number of aliphatic carboxylic acids is 2. The third-order valence-electron chi connectivity index (χ3n) is 12.8. The fourth-order valence-electron chi connectivity index (χ4n) is 8.14. The highest BCUT2D eigenvalue weighted by atomic mass is 16.4. The molecular weight excluding hydrogens is 1130 g/mol. The molecule has 32 heteroatoms. The SMILES string of the molecule is CC(C)C[C@H](NC(=O)[C@H](CCCN=C(N)N)NC(=O)[C@@H](N)[C@@H](C)O)C(=O)N[C@@H](CO)C(=O)N[C@@H](Cc1ccc(O)cc1)C(=O)N[C@@H](CO)C(=O)N[C@H](C(=O)N[C@@H](CC(C)C)C(=O)N[C@@H](CC(=O)O)C(=O)N[C@@H](Cc1ccc(O)cc1)C(=O)O)[C@@H](C)O. The summed E-state index contributed by atoms with van der Waals surface area (Å²) in [6.45, 7) is 6.75. The number of aliphatic hydroxyl groups excluding tert-OH is 4. The number of aliphatic hydroxyl groups is 4. The van der Waals surface area contributed by atoms with Crippen LogP contribution in [-0.2, 0) is 65.6 Å². The molecule has 478 valence electrons.